The highest BCUT2D eigenvalue weighted by molar-refractivity contribution is 9.12. The van der Waals surface area contributed by atoms with Gasteiger partial charge in [-0.2, -0.15) is 0 Å². The maximum atomic E-state index is 12.9. The fourth-order valence-corrected chi connectivity index (χ4v) is 6.68. The van der Waals surface area contributed by atoms with Crippen LogP contribution >= 0.6 is 31.9 Å². The Bertz CT molecular complexity index is 724. The van der Waals surface area contributed by atoms with Crippen LogP contribution < -0.4 is 5.32 Å². The van der Waals surface area contributed by atoms with Gasteiger partial charge in [0.2, 0.25) is 17.7 Å². The van der Waals surface area contributed by atoms with Gasteiger partial charge in [0.15, 0.2) is 0 Å². The number of nitrogens with zero attached hydrogens (tertiary/aromatic N) is 1. The molecule has 0 spiro atoms. The molecule has 3 fully saturated rings. The van der Waals surface area contributed by atoms with Crippen LogP contribution in [0.15, 0.2) is 30.3 Å². The molecule has 1 saturated heterocycles. The van der Waals surface area contributed by atoms with Gasteiger partial charge in [0, 0.05) is 16.2 Å². The molecule has 3 aliphatic rings. The Labute approximate surface area is 169 Å². The van der Waals surface area contributed by atoms with E-state index in [1.165, 1.54) is 4.90 Å². The lowest BCUT2D eigenvalue weighted by atomic mass is 9.81. The summed E-state index contributed by atoms with van der Waals surface area (Å²) in [6.07, 6.45) is 0.890. The zero-order chi connectivity index (χ0) is 18.6. The summed E-state index contributed by atoms with van der Waals surface area (Å²) in [6, 6.07) is 8.78. The topological polar surface area (TPSA) is 66.5 Å². The minimum atomic E-state index is -0.786. The molecule has 0 aromatic heterocycles. The van der Waals surface area contributed by atoms with Crippen LogP contribution in [0.1, 0.15) is 18.9 Å². The standard InChI is InChI=1S/C19H20Br2N2O3/c1-9(17(24)22-8-10-5-3-2-4-6-10)23-18(25)13-11-7-12(14(13)19(23)26)16(21)15(11)20/h2-6,9,11-16H,7-8H2,1H3,(H,22,24)/t9-,11-,12-,13-,14+,15+,16+/m1/s1. The number of carbonyl (C=O) groups excluding carboxylic acids is 3. The maximum Gasteiger partial charge on any atom is 0.243 e. The molecule has 7 heteroatoms. The second-order valence-corrected chi connectivity index (χ2v) is 9.54. The summed E-state index contributed by atoms with van der Waals surface area (Å²) in [5.41, 5.74) is 0.978. The molecule has 1 heterocycles. The third kappa shape index (κ3) is 2.66. The highest BCUT2D eigenvalue weighted by Gasteiger charge is 2.67. The number of carbonyl (C=O) groups is 3. The van der Waals surface area contributed by atoms with Gasteiger partial charge in [0.05, 0.1) is 11.8 Å². The summed E-state index contributed by atoms with van der Waals surface area (Å²) in [5, 5.41) is 2.83. The van der Waals surface area contributed by atoms with Gasteiger partial charge in [0.1, 0.15) is 6.04 Å². The molecule has 0 radical (unpaired) electrons. The molecule has 3 amide bonds. The Morgan fingerprint density at radius 3 is 2.19 bits per heavy atom. The van der Waals surface area contributed by atoms with E-state index in [0.29, 0.717) is 6.54 Å². The third-order valence-corrected chi connectivity index (χ3v) is 9.30. The Kier molecular flexibility index (Phi) is 4.72. The van der Waals surface area contributed by atoms with E-state index in [-0.39, 0.29) is 51.0 Å². The van der Waals surface area contributed by atoms with Crippen molar-refractivity contribution in [1.29, 1.82) is 0 Å². The van der Waals surface area contributed by atoms with Crippen LogP contribution in [0.25, 0.3) is 0 Å². The van der Waals surface area contributed by atoms with Crippen molar-refractivity contribution in [3.63, 3.8) is 0 Å². The number of fused-ring (bicyclic) bond motifs is 5. The van der Waals surface area contributed by atoms with E-state index in [2.05, 4.69) is 37.2 Å². The van der Waals surface area contributed by atoms with E-state index in [0.717, 1.165) is 12.0 Å². The van der Waals surface area contributed by atoms with Crippen molar-refractivity contribution in [3.8, 4) is 0 Å². The van der Waals surface area contributed by atoms with E-state index >= 15 is 0 Å². The van der Waals surface area contributed by atoms with Gasteiger partial charge >= 0.3 is 0 Å². The lowest BCUT2D eigenvalue weighted by Crippen LogP contribution is -2.48. The molecule has 1 aromatic carbocycles. The second-order valence-electron chi connectivity index (χ2n) is 7.43. The van der Waals surface area contributed by atoms with Crippen molar-refractivity contribution in [2.45, 2.75) is 35.6 Å². The number of hydrogen-bond acceptors (Lipinski definition) is 3. The van der Waals surface area contributed by atoms with Crippen LogP contribution in [0, 0.1) is 23.7 Å². The summed E-state index contributed by atoms with van der Waals surface area (Å²) >= 11 is 7.35. The van der Waals surface area contributed by atoms with Crippen molar-refractivity contribution in [1.82, 2.24) is 10.2 Å². The number of nitrogens with one attached hydrogen (secondary N) is 1. The molecule has 1 aromatic rings. The largest absolute Gasteiger partial charge is 0.350 e. The van der Waals surface area contributed by atoms with E-state index in [1.54, 1.807) is 6.92 Å². The summed E-state index contributed by atoms with van der Waals surface area (Å²) in [6.45, 7) is 2.02. The normalized spacial score (nSPS) is 36.3. The fourth-order valence-electron chi connectivity index (χ4n) is 4.80. The molecule has 2 saturated carbocycles. The quantitative estimate of drug-likeness (QED) is 0.528. The Balaban J connectivity index is 1.47. The van der Waals surface area contributed by atoms with Crippen molar-refractivity contribution < 1.29 is 14.4 Å². The first-order valence-electron chi connectivity index (χ1n) is 8.88. The average molecular weight is 484 g/mol. The maximum absolute atomic E-state index is 12.9. The molecule has 138 valence electrons. The summed E-state index contributed by atoms with van der Waals surface area (Å²) in [7, 11) is 0. The fraction of sp³-hybridized carbons (Fsp3) is 0.526. The third-order valence-electron chi connectivity index (χ3n) is 6.10. The van der Waals surface area contributed by atoms with E-state index in [9.17, 15) is 14.4 Å². The molecular formula is C19H20Br2N2O3. The summed E-state index contributed by atoms with van der Waals surface area (Å²) in [4.78, 5) is 40.1. The van der Waals surface area contributed by atoms with Crippen LogP contribution in [0.4, 0.5) is 0 Å². The number of amides is 3. The summed E-state index contributed by atoms with van der Waals surface area (Å²) in [5.74, 6) is -0.901. The average Bonchev–Trinajstić information content (AvgIpc) is 3.25. The molecule has 7 atom stereocenters. The lowest BCUT2D eigenvalue weighted by Gasteiger charge is -2.28. The van der Waals surface area contributed by atoms with E-state index < -0.39 is 6.04 Å². The first kappa shape index (κ1) is 18.2. The molecule has 4 rings (SSSR count). The van der Waals surface area contributed by atoms with Crippen LogP contribution in [0.2, 0.25) is 0 Å². The van der Waals surface area contributed by atoms with Crippen LogP contribution in [0.3, 0.4) is 0 Å². The van der Waals surface area contributed by atoms with Gasteiger partial charge in [-0.1, -0.05) is 62.2 Å². The minimum absolute atomic E-state index is 0.162. The van der Waals surface area contributed by atoms with Gasteiger partial charge in [-0.05, 0) is 30.7 Å². The van der Waals surface area contributed by atoms with Crippen LogP contribution in [0.5, 0.6) is 0 Å². The van der Waals surface area contributed by atoms with E-state index in [4.69, 9.17) is 0 Å². The predicted octanol–water partition coefficient (Wildman–Crippen LogP) is 2.47. The number of likely N-dealkylation sites (tertiary alicyclic amines) is 1. The Hall–Kier alpha value is -1.21. The van der Waals surface area contributed by atoms with Crippen molar-refractivity contribution >= 4 is 49.6 Å². The second kappa shape index (κ2) is 6.75. The van der Waals surface area contributed by atoms with Gasteiger partial charge < -0.3 is 5.32 Å². The van der Waals surface area contributed by atoms with Crippen molar-refractivity contribution in [2.75, 3.05) is 0 Å². The number of imide groups is 1. The number of halogens is 2. The minimum Gasteiger partial charge on any atom is -0.350 e. The SMILES string of the molecule is C[C@H](C(=O)NCc1ccccc1)N1C(=O)[C@@H]2[C@H]3C[C@@H]([C@H](Br)[C@H]3Br)[C@@H]2C1=O. The molecule has 1 N–H and O–H groups in total. The number of benzene rings is 1. The smallest absolute Gasteiger partial charge is 0.243 e. The van der Waals surface area contributed by atoms with Gasteiger partial charge in [-0.15, -0.1) is 0 Å². The van der Waals surface area contributed by atoms with Gasteiger partial charge in [-0.3, -0.25) is 19.3 Å². The number of hydrogen-bond donors (Lipinski definition) is 1. The molecule has 26 heavy (non-hydrogen) atoms. The van der Waals surface area contributed by atoms with Gasteiger partial charge in [-0.25, -0.2) is 0 Å². The number of alkyl halides is 2. The van der Waals surface area contributed by atoms with Crippen molar-refractivity contribution in [3.05, 3.63) is 35.9 Å². The predicted molar refractivity (Wildman–Crippen MR) is 104 cm³/mol. The highest BCUT2D eigenvalue weighted by atomic mass is 79.9. The van der Waals surface area contributed by atoms with Crippen LogP contribution in [-0.2, 0) is 20.9 Å². The lowest BCUT2D eigenvalue weighted by molar-refractivity contribution is -0.148. The zero-order valence-electron chi connectivity index (χ0n) is 14.3. The Morgan fingerprint density at radius 1 is 1.12 bits per heavy atom. The molecular weight excluding hydrogens is 464 g/mol. The molecule has 2 bridgehead atoms. The first-order chi connectivity index (χ1) is 12.4. The molecule has 2 aliphatic carbocycles. The highest BCUT2D eigenvalue weighted by Crippen LogP contribution is 2.60. The zero-order valence-corrected chi connectivity index (χ0v) is 17.4. The first-order valence-corrected chi connectivity index (χ1v) is 10.7. The Morgan fingerprint density at radius 2 is 1.65 bits per heavy atom. The van der Waals surface area contributed by atoms with E-state index in [1.807, 2.05) is 30.3 Å². The monoisotopic (exact) mass is 482 g/mol. The van der Waals surface area contributed by atoms with Crippen LogP contribution in [-0.4, -0.2) is 38.3 Å². The molecule has 5 nitrogen and oxygen atoms in total. The summed E-state index contributed by atoms with van der Waals surface area (Å²) < 4.78 is 0. The van der Waals surface area contributed by atoms with Gasteiger partial charge in [0.25, 0.3) is 0 Å². The van der Waals surface area contributed by atoms with Crippen molar-refractivity contribution in [2.24, 2.45) is 23.7 Å². The molecule has 1 aliphatic heterocycles. The molecule has 0 unspecified atom stereocenters. The number of rotatable bonds is 4.